The van der Waals surface area contributed by atoms with Crippen molar-refractivity contribution in [3.8, 4) is 0 Å². The van der Waals surface area contributed by atoms with E-state index in [-0.39, 0.29) is 11.4 Å². The summed E-state index contributed by atoms with van der Waals surface area (Å²) in [5, 5.41) is 7.32. The molecule has 3 N–H and O–H groups in total. The Hall–Kier alpha value is -1.85. The second-order valence-electron chi connectivity index (χ2n) is 2.73. The van der Waals surface area contributed by atoms with E-state index in [1.165, 1.54) is 12.3 Å². The normalized spacial score (nSPS) is 12.6. The monoisotopic (exact) mass is 215 g/mol. The molecule has 0 amide bonds. The van der Waals surface area contributed by atoms with Crippen LogP contribution in [0.1, 0.15) is 5.69 Å². The van der Waals surface area contributed by atoms with E-state index < -0.39 is 11.9 Å². The van der Waals surface area contributed by atoms with Crippen LogP contribution >= 0.6 is 0 Å². The van der Waals surface area contributed by atoms with Crippen LogP contribution in [0.25, 0.3) is 0 Å². The molecule has 0 radical (unpaired) electrons. The molecular formula is C9H8F3N3. The molecule has 6 heteroatoms. The number of alkyl halides is 3. The Morgan fingerprint density at radius 3 is 2.53 bits per heavy atom. The first-order chi connectivity index (χ1) is 6.91. The largest absolute Gasteiger partial charge is 0.430 e. The Morgan fingerprint density at radius 1 is 1.40 bits per heavy atom. The van der Waals surface area contributed by atoms with Gasteiger partial charge in [0.1, 0.15) is 5.70 Å². The van der Waals surface area contributed by atoms with Crippen LogP contribution in [-0.2, 0) is 0 Å². The molecule has 1 heterocycles. The smallest absolute Gasteiger partial charge is 0.395 e. The van der Waals surface area contributed by atoms with Gasteiger partial charge in [0, 0.05) is 6.20 Å². The zero-order valence-corrected chi connectivity index (χ0v) is 7.55. The average molecular weight is 215 g/mol. The third-order valence-corrected chi connectivity index (χ3v) is 1.57. The summed E-state index contributed by atoms with van der Waals surface area (Å²) < 4.78 is 36.0. The van der Waals surface area contributed by atoms with Crippen molar-refractivity contribution in [2.24, 2.45) is 5.73 Å². The lowest BCUT2D eigenvalue weighted by atomic mass is 10.2. The highest BCUT2D eigenvalue weighted by molar-refractivity contribution is 6.05. The fourth-order valence-electron chi connectivity index (χ4n) is 0.833. The second kappa shape index (κ2) is 4.12. The number of allylic oxidation sites excluding steroid dienone is 2. The van der Waals surface area contributed by atoms with Crippen LogP contribution in [0.15, 0.2) is 36.2 Å². The van der Waals surface area contributed by atoms with Crippen molar-refractivity contribution in [1.82, 2.24) is 4.98 Å². The van der Waals surface area contributed by atoms with E-state index in [0.717, 1.165) is 0 Å². The molecule has 0 aromatic carbocycles. The van der Waals surface area contributed by atoms with Crippen molar-refractivity contribution in [2.75, 3.05) is 0 Å². The van der Waals surface area contributed by atoms with Crippen molar-refractivity contribution >= 4 is 5.71 Å². The van der Waals surface area contributed by atoms with Crippen LogP contribution < -0.4 is 5.73 Å². The van der Waals surface area contributed by atoms with Gasteiger partial charge >= 0.3 is 6.18 Å². The Kier molecular flexibility index (Phi) is 3.08. The Balaban J connectivity index is 2.90. The fourth-order valence-corrected chi connectivity index (χ4v) is 0.833. The van der Waals surface area contributed by atoms with E-state index >= 15 is 0 Å². The summed E-state index contributed by atoms with van der Waals surface area (Å²) in [4.78, 5) is 3.72. The van der Waals surface area contributed by atoms with Gasteiger partial charge in [-0.15, -0.1) is 0 Å². The number of nitrogens with two attached hydrogens (primary N) is 1. The highest BCUT2D eigenvalue weighted by Crippen LogP contribution is 2.21. The number of pyridine rings is 1. The molecule has 0 aliphatic rings. The van der Waals surface area contributed by atoms with Crippen LogP contribution in [0.4, 0.5) is 13.2 Å². The van der Waals surface area contributed by atoms with E-state index in [1.54, 1.807) is 12.1 Å². The molecular weight excluding hydrogens is 207 g/mol. The maximum absolute atomic E-state index is 12.0. The molecule has 0 atom stereocenters. The SMILES string of the molecule is N=C(C=C(N)C(F)(F)F)c1ccccn1. The molecule has 0 spiro atoms. The summed E-state index contributed by atoms with van der Waals surface area (Å²) in [6.45, 7) is 0. The third-order valence-electron chi connectivity index (χ3n) is 1.57. The number of nitrogens with one attached hydrogen (secondary N) is 1. The first-order valence-electron chi connectivity index (χ1n) is 3.95. The maximum Gasteiger partial charge on any atom is 0.430 e. The van der Waals surface area contributed by atoms with Gasteiger partial charge in [0.2, 0.25) is 0 Å². The molecule has 0 aliphatic carbocycles. The molecule has 80 valence electrons. The van der Waals surface area contributed by atoms with Crippen molar-refractivity contribution in [1.29, 1.82) is 5.41 Å². The van der Waals surface area contributed by atoms with Crippen molar-refractivity contribution in [3.05, 3.63) is 41.9 Å². The quantitative estimate of drug-likeness (QED) is 0.739. The first-order valence-corrected chi connectivity index (χ1v) is 3.95. The van der Waals surface area contributed by atoms with Gasteiger partial charge in [-0.25, -0.2) is 0 Å². The Labute approximate surface area is 83.9 Å². The summed E-state index contributed by atoms with van der Waals surface area (Å²) in [5.41, 5.74) is 3.22. The van der Waals surface area contributed by atoms with Crippen LogP contribution in [0.5, 0.6) is 0 Å². The molecule has 0 saturated heterocycles. The van der Waals surface area contributed by atoms with Crippen LogP contribution in [0.2, 0.25) is 0 Å². The molecule has 1 rings (SSSR count). The lowest BCUT2D eigenvalue weighted by Crippen LogP contribution is -2.20. The maximum atomic E-state index is 12.0. The molecule has 1 aromatic rings. The van der Waals surface area contributed by atoms with Gasteiger partial charge in [0.25, 0.3) is 0 Å². The molecule has 0 unspecified atom stereocenters. The summed E-state index contributed by atoms with van der Waals surface area (Å²) in [6, 6.07) is 4.62. The van der Waals surface area contributed by atoms with E-state index in [0.29, 0.717) is 6.08 Å². The molecule has 0 aliphatic heterocycles. The predicted octanol–water partition coefficient (Wildman–Crippen LogP) is 1.85. The number of hydrogen-bond acceptors (Lipinski definition) is 3. The van der Waals surface area contributed by atoms with E-state index in [1.807, 2.05) is 0 Å². The van der Waals surface area contributed by atoms with Crippen LogP contribution in [-0.4, -0.2) is 16.9 Å². The van der Waals surface area contributed by atoms with Gasteiger partial charge < -0.3 is 5.73 Å². The third kappa shape index (κ3) is 3.08. The zero-order chi connectivity index (χ0) is 11.5. The van der Waals surface area contributed by atoms with Crippen LogP contribution in [0.3, 0.4) is 0 Å². The highest BCUT2D eigenvalue weighted by Gasteiger charge is 2.31. The first kappa shape index (κ1) is 11.2. The predicted molar refractivity (Wildman–Crippen MR) is 49.4 cm³/mol. The number of aromatic nitrogens is 1. The summed E-state index contributed by atoms with van der Waals surface area (Å²) in [7, 11) is 0. The summed E-state index contributed by atoms with van der Waals surface area (Å²) in [5.74, 6) is 0. The Bertz CT molecular complexity index is 381. The standard InChI is InChI=1S/C9H8F3N3/c10-9(11,12)8(14)5-6(13)7-3-1-2-4-15-7/h1-5,13H,14H2. The van der Waals surface area contributed by atoms with Crippen molar-refractivity contribution in [3.63, 3.8) is 0 Å². The van der Waals surface area contributed by atoms with Crippen LogP contribution in [0, 0.1) is 5.41 Å². The van der Waals surface area contributed by atoms with E-state index in [4.69, 9.17) is 11.1 Å². The lowest BCUT2D eigenvalue weighted by molar-refractivity contribution is -0.0925. The second-order valence-corrected chi connectivity index (χ2v) is 2.73. The zero-order valence-electron chi connectivity index (χ0n) is 7.55. The van der Waals surface area contributed by atoms with Gasteiger partial charge in [-0.1, -0.05) is 6.07 Å². The molecule has 15 heavy (non-hydrogen) atoms. The number of halogens is 3. The topological polar surface area (TPSA) is 62.8 Å². The Morgan fingerprint density at radius 2 is 2.07 bits per heavy atom. The number of rotatable bonds is 2. The van der Waals surface area contributed by atoms with Crippen molar-refractivity contribution < 1.29 is 13.2 Å². The van der Waals surface area contributed by atoms with Crippen molar-refractivity contribution in [2.45, 2.75) is 6.18 Å². The fraction of sp³-hybridized carbons (Fsp3) is 0.111. The minimum absolute atomic E-state index is 0.143. The molecule has 1 aromatic heterocycles. The van der Waals surface area contributed by atoms with E-state index in [2.05, 4.69) is 4.98 Å². The summed E-state index contributed by atoms with van der Waals surface area (Å²) >= 11 is 0. The summed E-state index contributed by atoms with van der Waals surface area (Å²) in [6.07, 6.45) is -2.68. The number of nitrogens with zero attached hydrogens (tertiary/aromatic N) is 1. The van der Waals surface area contributed by atoms with E-state index in [9.17, 15) is 13.2 Å². The van der Waals surface area contributed by atoms with Gasteiger partial charge in [0.15, 0.2) is 0 Å². The molecule has 3 nitrogen and oxygen atoms in total. The average Bonchev–Trinajstić information content (AvgIpc) is 2.17. The minimum atomic E-state index is -4.61. The van der Waals surface area contributed by atoms with Gasteiger partial charge in [0.05, 0.1) is 11.4 Å². The minimum Gasteiger partial charge on any atom is -0.395 e. The highest BCUT2D eigenvalue weighted by atomic mass is 19.4. The number of hydrogen-bond donors (Lipinski definition) is 2. The lowest BCUT2D eigenvalue weighted by Gasteiger charge is -2.06. The molecule has 0 bridgehead atoms. The van der Waals surface area contributed by atoms with Gasteiger partial charge in [-0.3, -0.25) is 10.4 Å². The molecule has 0 fully saturated rings. The van der Waals surface area contributed by atoms with Gasteiger partial charge in [-0.2, -0.15) is 13.2 Å². The molecule has 0 saturated carbocycles. The van der Waals surface area contributed by atoms with Gasteiger partial charge in [-0.05, 0) is 18.2 Å².